The number of carbonyl (C=O) groups excluding carboxylic acids is 1. The highest BCUT2D eigenvalue weighted by molar-refractivity contribution is 7.15. The smallest absolute Gasteiger partial charge is 0.296 e. The summed E-state index contributed by atoms with van der Waals surface area (Å²) in [6.07, 6.45) is -1.02. The third-order valence-corrected chi connectivity index (χ3v) is 3.67. The van der Waals surface area contributed by atoms with Crippen LogP contribution in [0.2, 0.25) is 0 Å². The summed E-state index contributed by atoms with van der Waals surface area (Å²) in [5.41, 5.74) is -1.76. The van der Waals surface area contributed by atoms with Crippen LogP contribution in [0.5, 0.6) is 0 Å². The Kier molecular flexibility index (Phi) is 4.79. The number of hydrogen-bond acceptors (Lipinski definition) is 5. The Balaban J connectivity index is 2.14. The molecule has 0 radical (unpaired) electrons. The van der Waals surface area contributed by atoms with E-state index in [1.165, 1.54) is 7.05 Å². The molecule has 0 spiro atoms. The first-order valence-corrected chi connectivity index (χ1v) is 7.37. The zero-order chi connectivity index (χ0) is 16.3. The lowest BCUT2D eigenvalue weighted by molar-refractivity contribution is -0.141. The molecule has 0 aliphatic carbocycles. The second-order valence-electron chi connectivity index (χ2n) is 4.62. The van der Waals surface area contributed by atoms with Crippen molar-refractivity contribution in [3.8, 4) is 0 Å². The molecule has 0 aromatic carbocycles. The van der Waals surface area contributed by atoms with Gasteiger partial charge in [0, 0.05) is 19.7 Å². The van der Waals surface area contributed by atoms with Crippen molar-refractivity contribution in [3.63, 3.8) is 0 Å². The van der Waals surface area contributed by atoms with Gasteiger partial charge < -0.3 is 0 Å². The van der Waals surface area contributed by atoms with Crippen molar-refractivity contribution in [2.45, 2.75) is 32.4 Å². The number of halogens is 3. The van der Waals surface area contributed by atoms with Crippen LogP contribution in [-0.4, -0.2) is 25.9 Å². The van der Waals surface area contributed by atoms with Gasteiger partial charge in [-0.15, -0.1) is 10.2 Å². The third kappa shape index (κ3) is 3.81. The highest BCUT2D eigenvalue weighted by atomic mass is 32.1. The molecule has 0 aliphatic rings. The lowest BCUT2D eigenvalue weighted by Crippen LogP contribution is -2.17. The van der Waals surface area contributed by atoms with Crippen LogP contribution in [0.25, 0.3) is 0 Å². The molecule has 6 nitrogen and oxygen atoms in total. The molecule has 0 unspecified atom stereocenters. The van der Waals surface area contributed by atoms with E-state index >= 15 is 0 Å². The molecule has 2 heterocycles. The van der Waals surface area contributed by atoms with Gasteiger partial charge in [-0.2, -0.15) is 18.3 Å². The van der Waals surface area contributed by atoms with Crippen molar-refractivity contribution in [1.29, 1.82) is 0 Å². The van der Waals surface area contributed by atoms with Crippen LogP contribution in [0, 0.1) is 0 Å². The van der Waals surface area contributed by atoms with Gasteiger partial charge in [0.2, 0.25) is 5.13 Å². The Morgan fingerprint density at radius 3 is 2.77 bits per heavy atom. The summed E-state index contributed by atoms with van der Waals surface area (Å²) in [5.74, 6) is -0.904. The molecule has 0 fully saturated rings. The van der Waals surface area contributed by atoms with Crippen molar-refractivity contribution >= 4 is 22.4 Å². The van der Waals surface area contributed by atoms with Crippen molar-refractivity contribution in [1.82, 2.24) is 20.0 Å². The molecular formula is C12H14F3N5OS. The van der Waals surface area contributed by atoms with Gasteiger partial charge in [-0.3, -0.25) is 14.8 Å². The summed E-state index contributed by atoms with van der Waals surface area (Å²) in [6, 6.07) is 0. The fourth-order valence-corrected chi connectivity index (χ4v) is 2.54. The molecule has 0 bridgehead atoms. The van der Waals surface area contributed by atoms with E-state index in [4.69, 9.17) is 0 Å². The number of anilines is 1. The fraction of sp³-hybridized carbons (Fsp3) is 0.500. The number of carbonyl (C=O) groups is 1. The number of hydrogen-bond donors (Lipinski definition) is 1. The first-order valence-electron chi connectivity index (χ1n) is 6.55. The molecule has 2 aromatic heterocycles. The Morgan fingerprint density at radius 2 is 2.14 bits per heavy atom. The van der Waals surface area contributed by atoms with Crippen molar-refractivity contribution in [3.05, 3.63) is 22.5 Å². The summed E-state index contributed by atoms with van der Waals surface area (Å²) in [4.78, 5) is 12.0. The van der Waals surface area contributed by atoms with E-state index in [2.05, 4.69) is 20.6 Å². The maximum Gasteiger partial charge on any atom is 0.435 e. The van der Waals surface area contributed by atoms with Crippen LogP contribution in [0.4, 0.5) is 18.3 Å². The van der Waals surface area contributed by atoms with Gasteiger partial charge in [0.1, 0.15) is 5.01 Å². The summed E-state index contributed by atoms with van der Waals surface area (Å²) < 4.78 is 39.4. The van der Waals surface area contributed by atoms with Crippen LogP contribution < -0.4 is 5.32 Å². The quantitative estimate of drug-likeness (QED) is 0.913. The monoisotopic (exact) mass is 333 g/mol. The van der Waals surface area contributed by atoms with E-state index < -0.39 is 23.3 Å². The van der Waals surface area contributed by atoms with Crippen LogP contribution in [-0.2, 0) is 19.6 Å². The molecule has 120 valence electrons. The van der Waals surface area contributed by atoms with Crippen molar-refractivity contribution in [2.75, 3.05) is 5.32 Å². The molecule has 0 aliphatic heterocycles. The van der Waals surface area contributed by atoms with Gasteiger partial charge >= 0.3 is 6.18 Å². The predicted octanol–water partition coefficient (Wildman–Crippen LogP) is 2.89. The summed E-state index contributed by atoms with van der Waals surface area (Å²) in [6.45, 7) is 2.03. The average molecular weight is 333 g/mol. The number of aryl methyl sites for hydroxylation is 2. The van der Waals surface area contributed by atoms with E-state index in [-0.39, 0.29) is 5.13 Å². The van der Waals surface area contributed by atoms with Gasteiger partial charge in [0.05, 0.1) is 5.56 Å². The minimum atomic E-state index is -4.69. The Bertz CT molecular complexity index is 664. The van der Waals surface area contributed by atoms with Gasteiger partial charge in [-0.25, -0.2) is 0 Å². The standard InChI is InChI=1S/C12H14F3N5OS/c1-3-4-5-8-17-18-11(22-8)16-10(21)7-6-20(2)19-9(7)12(13,14)15/h6H,3-5H2,1-2H3,(H,16,18,21). The number of unbranched alkanes of at least 4 members (excludes halogenated alkanes) is 1. The molecule has 22 heavy (non-hydrogen) atoms. The second-order valence-corrected chi connectivity index (χ2v) is 5.68. The normalized spacial score (nSPS) is 11.7. The van der Waals surface area contributed by atoms with E-state index in [0.29, 0.717) is 0 Å². The van der Waals surface area contributed by atoms with Gasteiger partial charge in [0.15, 0.2) is 5.69 Å². The lowest BCUT2D eigenvalue weighted by Gasteiger charge is -2.05. The highest BCUT2D eigenvalue weighted by Gasteiger charge is 2.39. The predicted molar refractivity (Wildman–Crippen MR) is 74.7 cm³/mol. The number of rotatable bonds is 5. The van der Waals surface area contributed by atoms with Gasteiger partial charge in [-0.05, 0) is 6.42 Å². The van der Waals surface area contributed by atoms with Crippen LogP contribution in [0.15, 0.2) is 6.20 Å². The van der Waals surface area contributed by atoms with Crippen molar-refractivity contribution in [2.24, 2.45) is 7.05 Å². The van der Waals surface area contributed by atoms with Crippen LogP contribution in [0.3, 0.4) is 0 Å². The largest absolute Gasteiger partial charge is 0.435 e. The summed E-state index contributed by atoms with van der Waals surface area (Å²) in [7, 11) is 1.32. The second kappa shape index (κ2) is 6.42. The topological polar surface area (TPSA) is 72.7 Å². The maximum absolute atomic E-state index is 12.8. The third-order valence-electron chi connectivity index (χ3n) is 2.77. The molecular weight excluding hydrogens is 319 g/mol. The SMILES string of the molecule is CCCCc1nnc(NC(=O)c2cn(C)nc2C(F)(F)F)s1. The fourth-order valence-electron chi connectivity index (χ4n) is 1.76. The molecule has 1 amide bonds. The average Bonchev–Trinajstić information content (AvgIpc) is 3.02. The molecule has 1 N–H and O–H groups in total. The van der Waals surface area contributed by atoms with Crippen molar-refractivity contribution < 1.29 is 18.0 Å². The van der Waals surface area contributed by atoms with Gasteiger partial charge in [-0.1, -0.05) is 24.7 Å². The first kappa shape index (κ1) is 16.4. The van der Waals surface area contributed by atoms with E-state index in [0.717, 1.165) is 46.5 Å². The molecule has 0 saturated heterocycles. The molecule has 2 rings (SSSR count). The maximum atomic E-state index is 12.8. The molecule has 10 heteroatoms. The number of nitrogens with zero attached hydrogens (tertiary/aromatic N) is 4. The minimum Gasteiger partial charge on any atom is -0.296 e. The van der Waals surface area contributed by atoms with E-state index in [1.807, 2.05) is 6.92 Å². The summed E-state index contributed by atoms with van der Waals surface area (Å²) >= 11 is 1.15. The lowest BCUT2D eigenvalue weighted by atomic mass is 10.2. The Hall–Kier alpha value is -1.97. The zero-order valence-corrected chi connectivity index (χ0v) is 12.8. The summed E-state index contributed by atoms with van der Waals surface area (Å²) in [5, 5.41) is 14.2. The Labute approximate surface area is 128 Å². The first-order chi connectivity index (χ1) is 10.3. The molecule has 0 saturated carbocycles. The van der Waals surface area contributed by atoms with Gasteiger partial charge in [0.25, 0.3) is 5.91 Å². The number of aromatic nitrogens is 4. The zero-order valence-electron chi connectivity index (χ0n) is 11.9. The Morgan fingerprint density at radius 1 is 1.41 bits per heavy atom. The minimum absolute atomic E-state index is 0.174. The highest BCUT2D eigenvalue weighted by Crippen LogP contribution is 2.31. The van der Waals surface area contributed by atoms with Crippen LogP contribution >= 0.6 is 11.3 Å². The van der Waals surface area contributed by atoms with E-state index in [1.54, 1.807) is 0 Å². The number of alkyl halides is 3. The van der Waals surface area contributed by atoms with Crippen LogP contribution in [0.1, 0.15) is 40.8 Å². The number of amides is 1. The number of nitrogens with one attached hydrogen (secondary N) is 1. The molecule has 2 aromatic rings. The molecule has 0 atom stereocenters. The van der Waals surface area contributed by atoms with E-state index in [9.17, 15) is 18.0 Å².